The molecule has 10 heteroatoms. The fourth-order valence-electron chi connectivity index (χ4n) is 7.06. The molecular weight excluding hydrogens is 745 g/mol. The first kappa shape index (κ1) is 43.8. The van der Waals surface area contributed by atoms with E-state index in [2.05, 4.69) is 70.9 Å². The molecule has 0 amide bonds. The van der Waals surface area contributed by atoms with Crippen molar-refractivity contribution in [3.05, 3.63) is 46.5 Å². The van der Waals surface area contributed by atoms with Crippen molar-refractivity contribution in [1.82, 2.24) is 4.90 Å². The van der Waals surface area contributed by atoms with Crippen molar-refractivity contribution in [1.29, 1.82) is 0 Å². The average Bonchev–Trinajstić information content (AvgIpc) is 3.06. The zero-order chi connectivity index (χ0) is 36.3. The largest absolute Gasteiger partial charge is 1.00 e. The number of aliphatic imine (C=N–C) groups is 1. The molecule has 1 fully saturated rings. The van der Waals surface area contributed by atoms with Crippen LogP contribution in [0.2, 0.25) is 0 Å². The quantitative estimate of drug-likeness (QED) is 0.254. The van der Waals surface area contributed by atoms with Crippen LogP contribution in [-0.4, -0.2) is 110 Å². The lowest BCUT2D eigenvalue weighted by Gasteiger charge is -2.43. The van der Waals surface area contributed by atoms with E-state index in [1.165, 1.54) is 16.7 Å². The van der Waals surface area contributed by atoms with Gasteiger partial charge in [0.1, 0.15) is 18.4 Å². The Labute approximate surface area is 319 Å². The normalized spacial score (nSPS) is 18.6. The molecule has 0 spiro atoms. The second kappa shape index (κ2) is 20.6. The number of rotatable bonds is 11. The molecule has 0 aromatic heterocycles. The summed E-state index contributed by atoms with van der Waals surface area (Å²) in [6.45, 7) is 12.7. The number of piperidine rings is 1. The van der Waals surface area contributed by atoms with Gasteiger partial charge in [-0.2, -0.15) is 0 Å². The maximum atomic E-state index is 12.6. The molecule has 3 aliphatic rings. The number of Topliss-reactive ketones (excluding diaryl/α,β-unsaturated/α-hetero) is 1. The Morgan fingerprint density at radius 3 is 1.94 bits per heavy atom. The van der Waals surface area contributed by atoms with Gasteiger partial charge in [0.15, 0.2) is 23.0 Å². The number of benzene rings is 2. The molecule has 0 N–H and O–H groups in total. The number of methoxy groups -OCH3 is 5. The lowest BCUT2D eigenvalue weighted by molar-refractivity contribution is -0.873. The minimum Gasteiger partial charge on any atom is -1.00 e. The molecule has 1 saturated heterocycles. The van der Waals surface area contributed by atoms with E-state index in [0.29, 0.717) is 24.2 Å². The lowest BCUT2D eigenvalue weighted by atomic mass is 9.80. The van der Waals surface area contributed by atoms with E-state index >= 15 is 0 Å². The van der Waals surface area contributed by atoms with E-state index in [4.69, 9.17) is 23.7 Å². The molecule has 0 aliphatic carbocycles. The number of ether oxygens (including phenoxy) is 5. The third kappa shape index (κ3) is 12.7. The Kier molecular flexibility index (Phi) is 18.0. The minimum atomic E-state index is 0. The number of hydrogen-bond acceptors (Lipinski definition) is 8. The predicted octanol–water partition coefficient (Wildman–Crippen LogP) is 3.67. The van der Waals surface area contributed by atoms with Crippen LogP contribution >= 0.6 is 0 Å². The van der Waals surface area contributed by atoms with Gasteiger partial charge in [0.05, 0.1) is 49.6 Å². The maximum absolute atomic E-state index is 12.6. The maximum Gasteiger partial charge on any atom is 0.161 e. The predicted molar refractivity (Wildman–Crippen MR) is 199 cm³/mol. The van der Waals surface area contributed by atoms with Crippen molar-refractivity contribution in [2.24, 2.45) is 22.7 Å². The Morgan fingerprint density at radius 1 is 0.820 bits per heavy atom. The SMILES string of the molecule is COC(CC(C)C)C[N+](C)(C)C.COc1cc2c(cc1OC)C1CC(=O)C(CC(C)C)CN1CC2.COc1cc2c(cc1OC)CCN=C2.[I-]. The summed E-state index contributed by atoms with van der Waals surface area (Å²) in [6, 6.07) is 8.35. The van der Waals surface area contributed by atoms with Crippen LogP contribution in [0.5, 0.6) is 23.0 Å². The van der Waals surface area contributed by atoms with E-state index in [0.717, 1.165) is 90.8 Å². The smallest absolute Gasteiger partial charge is 0.161 e. The van der Waals surface area contributed by atoms with Gasteiger partial charge in [-0.3, -0.25) is 14.7 Å². The molecule has 9 nitrogen and oxygen atoms in total. The van der Waals surface area contributed by atoms with Crippen LogP contribution in [0.15, 0.2) is 29.3 Å². The van der Waals surface area contributed by atoms with Gasteiger partial charge in [-0.1, -0.05) is 27.7 Å². The summed E-state index contributed by atoms with van der Waals surface area (Å²) in [5.74, 6) is 5.00. The van der Waals surface area contributed by atoms with E-state index in [1.54, 1.807) is 28.4 Å². The number of hydrogen-bond donors (Lipinski definition) is 0. The van der Waals surface area contributed by atoms with Gasteiger partial charge in [0.2, 0.25) is 0 Å². The van der Waals surface area contributed by atoms with Gasteiger partial charge in [0, 0.05) is 51.3 Å². The highest BCUT2D eigenvalue weighted by Crippen LogP contribution is 2.42. The Bertz CT molecular complexity index is 1390. The number of nitrogens with zero attached hydrogens (tertiary/aromatic N) is 3. The van der Waals surface area contributed by atoms with Crippen molar-refractivity contribution >= 4 is 12.0 Å². The molecule has 5 rings (SSSR count). The standard InChI is InChI=1S/C19H27NO3.C11H13NO2.C10H24NO.HI/c1-12(2)7-14-11-20-6-5-13-8-18(22-3)19(23-4)9-15(13)16(20)10-17(14)21;1-13-10-5-8-3-4-12-7-9(8)6-11(10)14-2;1-9(2)7-10(12-6)8-11(3,4)5;/h8-9,12,14,16H,5-7,10-11H2,1-4H3;5-7H,3-4H2,1-2H3;9-10H,7-8H2,1-6H3;1H/q;;+1;/p-1. The molecule has 2 aromatic rings. The van der Waals surface area contributed by atoms with Crippen molar-refractivity contribution < 1.29 is 56.9 Å². The molecule has 282 valence electrons. The molecule has 3 heterocycles. The Morgan fingerprint density at radius 2 is 1.40 bits per heavy atom. The highest BCUT2D eigenvalue weighted by Gasteiger charge is 2.38. The van der Waals surface area contributed by atoms with Gasteiger partial charge >= 0.3 is 0 Å². The second-order valence-electron chi connectivity index (χ2n) is 15.3. The highest BCUT2D eigenvalue weighted by atomic mass is 127. The molecular formula is C40H64IN3O6. The third-order valence-electron chi connectivity index (χ3n) is 9.38. The third-order valence-corrected chi connectivity index (χ3v) is 9.38. The Hall–Kier alpha value is -2.41. The summed E-state index contributed by atoms with van der Waals surface area (Å²) in [7, 11) is 15.0. The molecule has 2 aromatic carbocycles. The van der Waals surface area contributed by atoms with Gasteiger partial charge < -0.3 is 52.1 Å². The van der Waals surface area contributed by atoms with Crippen molar-refractivity contribution in [3.8, 4) is 23.0 Å². The second-order valence-corrected chi connectivity index (χ2v) is 15.3. The minimum absolute atomic E-state index is 0. The first-order valence-corrected chi connectivity index (χ1v) is 17.8. The summed E-state index contributed by atoms with van der Waals surface area (Å²) in [5, 5.41) is 0. The molecule has 0 radical (unpaired) electrons. The summed E-state index contributed by atoms with van der Waals surface area (Å²) >= 11 is 0. The molecule has 0 saturated carbocycles. The summed E-state index contributed by atoms with van der Waals surface area (Å²) in [5.41, 5.74) is 4.94. The lowest BCUT2D eigenvalue weighted by Crippen LogP contribution is -3.00. The number of halogens is 1. The summed E-state index contributed by atoms with van der Waals surface area (Å²) < 4.78 is 27.7. The van der Waals surface area contributed by atoms with Gasteiger partial charge in [-0.15, -0.1) is 0 Å². The van der Waals surface area contributed by atoms with Crippen molar-refractivity contribution in [2.45, 2.75) is 71.9 Å². The number of fused-ring (bicyclic) bond motifs is 4. The van der Waals surface area contributed by atoms with E-state index in [-0.39, 0.29) is 35.9 Å². The number of likely N-dealkylation sites (N-methyl/N-ethyl adjacent to an activating group) is 1. The van der Waals surface area contributed by atoms with Crippen LogP contribution in [0.3, 0.4) is 0 Å². The van der Waals surface area contributed by atoms with Gasteiger partial charge in [-0.25, -0.2) is 0 Å². The van der Waals surface area contributed by atoms with Crippen LogP contribution in [0, 0.1) is 17.8 Å². The zero-order valence-electron chi connectivity index (χ0n) is 32.8. The van der Waals surface area contributed by atoms with E-state index in [9.17, 15) is 4.79 Å². The van der Waals surface area contributed by atoms with Crippen LogP contribution in [0.1, 0.15) is 75.3 Å². The topological polar surface area (TPSA) is 78.8 Å². The average molecular weight is 810 g/mol. The first-order valence-electron chi connectivity index (χ1n) is 17.8. The van der Waals surface area contributed by atoms with Crippen molar-refractivity contribution in [2.75, 3.05) is 82.9 Å². The first-order chi connectivity index (χ1) is 23.2. The number of ketones is 1. The number of carbonyl (C=O) groups excluding carboxylic acids is 1. The summed E-state index contributed by atoms with van der Waals surface area (Å²) in [4.78, 5) is 19.3. The number of carbonyl (C=O) groups is 1. The highest BCUT2D eigenvalue weighted by molar-refractivity contribution is 5.84. The monoisotopic (exact) mass is 809 g/mol. The molecule has 0 bridgehead atoms. The van der Waals surface area contributed by atoms with E-state index in [1.807, 2.05) is 25.5 Å². The summed E-state index contributed by atoms with van der Waals surface area (Å²) in [6.07, 6.45) is 7.07. The van der Waals surface area contributed by atoms with Gasteiger partial charge in [0.25, 0.3) is 0 Å². The fraction of sp³-hybridized carbons (Fsp3) is 0.650. The van der Waals surface area contributed by atoms with E-state index < -0.39 is 0 Å². The van der Waals surface area contributed by atoms with Crippen LogP contribution in [0.4, 0.5) is 0 Å². The fourth-order valence-corrected chi connectivity index (χ4v) is 7.06. The van der Waals surface area contributed by atoms with Gasteiger partial charge in [-0.05, 0) is 84.0 Å². The molecule has 3 atom stereocenters. The molecule has 50 heavy (non-hydrogen) atoms. The van der Waals surface area contributed by atoms with Crippen LogP contribution in [-0.2, 0) is 22.4 Å². The zero-order valence-corrected chi connectivity index (χ0v) is 35.0. The Balaban J connectivity index is 0.000000277. The van der Waals surface area contributed by atoms with Crippen LogP contribution < -0.4 is 42.9 Å². The molecule has 3 aliphatic heterocycles. The van der Waals surface area contributed by atoms with Crippen LogP contribution in [0.25, 0.3) is 0 Å². The van der Waals surface area contributed by atoms with Crippen molar-refractivity contribution in [3.63, 3.8) is 0 Å². The number of quaternary nitrogens is 1. The molecule has 3 unspecified atom stereocenters.